The van der Waals surface area contributed by atoms with E-state index < -0.39 is 0 Å². The lowest BCUT2D eigenvalue weighted by Crippen LogP contribution is -2.37. The second-order valence-electron chi connectivity index (χ2n) is 9.85. The van der Waals surface area contributed by atoms with Crippen molar-refractivity contribution in [1.82, 2.24) is 19.4 Å². The van der Waals surface area contributed by atoms with Crippen LogP contribution in [0.5, 0.6) is 0 Å². The maximum atomic E-state index is 14.1. The lowest BCUT2D eigenvalue weighted by molar-refractivity contribution is -0.119. The highest BCUT2D eigenvalue weighted by atomic mass is 32.2. The Balaban J connectivity index is 1.47. The van der Waals surface area contributed by atoms with Crippen molar-refractivity contribution in [1.29, 1.82) is 0 Å². The first-order valence-corrected chi connectivity index (χ1v) is 14.0. The Hall–Kier alpha value is -4.02. The molecule has 0 unspecified atom stereocenters. The zero-order valence-corrected chi connectivity index (χ0v) is 22.3. The van der Waals surface area contributed by atoms with Crippen LogP contribution in [0.15, 0.2) is 75.2 Å². The number of hydrogen-bond acceptors (Lipinski definition) is 7. The van der Waals surface area contributed by atoms with Crippen molar-refractivity contribution in [3.8, 4) is 17.0 Å². The van der Waals surface area contributed by atoms with Gasteiger partial charge in [0, 0.05) is 24.0 Å². The fraction of sp³-hybridized carbons (Fsp3) is 0.276. The lowest BCUT2D eigenvalue weighted by atomic mass is 9.95. The number of anilines is 1. The Kier molecular flexibility index (Phi) is 6.88. The molecule has 1 amide bonds. The van der Waals surface area contributed by atoms with Gasteiger partial charge in [-0.1, -0.05) is 37.1 Å². The summed E-state index contributed by atoms with van der Waals surface area (Å²) in [5, 5.41) is 13.8. The molecule has 10 heteroatoms. The fourth-order valence-electron chi connectivity index (χ4n) is 5.40. The molecular formula is C29H29N5O4S. The molecular weight excluding hydrogens is 514 g/mol. The van der Waals surface area contributed by atoms with Crippen LogP contribution in [-0.4, -0.2) is 37.0 Å². The van der Waals surface area contributed by atoms with E-state index in [0.29, 0.717) is 27.6 Å². The van der Waals surface area contributed by atoms with E-state index in [-0.39, 0.29) is 23.3 Å². The van der Waals surface area contributed by atoms with Crippen molar-refractivity contribution < 1.29 is 14.4 Å². The van der Waals surface area contributed by atoms with Gasteiger partial charge in [-0.2, -0.15) is 0 Å². The molecule has 5 aromatic rings. The largest absolute Gasteiger partial charge is 0.464 e. The monoisotopic (exact) mass is 543 g/mol. The minimum atomic E-state index is -0.261. The molecule has 0 saturated heterocycles. The molecule has 2 aromatic carbocycles. The third kappa shape index (κ3) is 4.81. The molecule has 1 saturated carbocycles. The van der Waals surface area contributed by atoms with E-state index in [0.717, 1.165) is 47.9 Å². The zero-order valence-electron chi connectivity index (χ0n) is 21.5. The summed E-state index contributed by atoms with van der Waals surface area (Å²) >= 11 is 1.23. The maximum Gasteiger partial charge on any atom is 0.283 e. The SMILES string of the molecule is Cn1c2ccc(-c3ccco3)cc2c2nc(SCC(=O)NC3CCCCC3)n(-c3cccc(NO)c3)c(=O)c21. The number of fused-ring (bicyclic) bond motifs is 3. The predicted molar refractivity (Wildman–Crippen MR) is 153 cm³/mol. The molecule has 0 spiro atoms. The molecule has 0 radical (unpaired) electrons. The lowest BCUT2D eigenvalue weighted by Gasteiger charge is -2.22. The van der Waals surface area contributed by atoms with Gasteiger partial charge < -0.3 is 14.3 Å². The summed E-state index contributed by atoms with van der Waals surface area (Å²) in [4.78, 5) is 31.9. The average Bonchev–Trinajstić information content (AvgIpc) is 3.59. The Morgan fingerprint density at radius 2 is 1.97 bits per heavy atom. The number of aromatic nitrogens is 3. The van der Waals surface area contributed by atoms with Crippen molar-refractivity contribution in [3.63, 3.8) is 0 Å². The number of rotatable bonds is 7. The van der Waals surface area contributed by atoms with Crippen molar-refractivity contribution in [3.05, 3.63) is 71.2 Å². The molecule has 1 aliphatic carbocycles. The quantitative estimate of drug-likeness (QED) is 0.141. The molecule has 3 aromatic heterocycles. The predicted octanol–water partition coefficient (Wildman–Crippen LogP) is 5.48. The van der Waals surface area contributed by atoms with E-state index in [1.807, 2.05) is 41.9 Å². The summed E-state index contributed by atoms with van der Waals surface area (Å²) in [6, 6.07) is 16.7. The topological polar surface area (TPSA) is 114 Å². The normalized spacial score (nSPS) is 14.2. The van der Waals surface area contributed by atoms with Crippen molar-refractivity contribution in [2.75, 3.05) is 11.2 Å². The van der Waals surface area contributed by atoms with Gasteiger partial charge in [0.15, 0.2) is 5.16 Å². The number of nitrogens with one attached hydrogen (secondary N) is 2. The molecule has 0 aliphatic heterocycles. The van der Waals surface area contributed by atoms with Crippen LogP contribution in [0.3, 0.4) is 0 Å². The number of furan rings is 1. The van der Waals surface area contributed by atoms with Gasteiger partial charge >= 0.3 is 0 Å². The smallest absolute Gasteiger partial charge is 0.283 e. The van der Waals surface area contributed by atoms with E-state index in [4.69, 9.17) is 9.40 Å². The van der Waals surface area contributed by atoms with Crippen LogP contribution in [0.4, 0.5) is 5.69 Å². The van der Waals surface area contributed by atoms with E-state index in [9.17, 15) is 14.8 Å². The van der Waals surface area contributed by atoms with Gasteiger partial charge in [0.05, 0.1) is 28.9 Å². The number of carbonyl (C=O) groups excluding carboxylic acids is 1. The number of hydrogen-bond donors (Lipinski definition) is 3. The minimum absolute atomic E-state index is 0.0726. The average molecular weight is 544 g/mol. The third-order valence-electron chi connectivity index (χ3n) is 7.32. The summed E-state index contributed by atoms with van der Waals surface area (Å²) in [5.74, 6) is 0.788. The summed E-state index contributed by atoms with van der Waals surface area (Å²) in [6.07, 6.45) is 7.10. The highest BCUT2D eigenvalue weighted by molar-refractivity contribution is 7.99. The first-order chi connectivity index (χ1) is 19.0. The summed E-state index contributed by atoms with van der Waals surface area (Å²) in [5.41, 5.74) is 5.60. The van der Waals surface area contributed by atoms with Crippen LogP contribution < -0.4 is 16.4 Å². The van der Waals surface area contributed by atoms with Gasteiger partial charge in [-0.25, -0.2) is 4.98 Å². The van der Waals surface area contributed by atoms with Gasteiger partial charge in [-0.3, -0.25) is 24.8 Å². The summed E-state index contributed by atoms with van der Waals surface area (Å²) < 4.78 is 8.95. The van der Waals surface area contributed by atoms with Gasteiger partial charge in [-0.05, 0) is 61.4 Å². The van der Waals surface area contributed by atoms with Gasteiger partial charge in [0.1, 0.15) is 16.8 Å². The molecule has 9 nitrogen and oxygen atoms in total. The zero-order chi connectivity index (χ0) is 26.9. The van der Waals surface area contributed by atoms with E-state index in [2.05, 4.69) is 10.8 Å². The molecule has 3 heterocycles. The first kappa shape index (κ1) is 25.3. The summed E-state index contributed by atoms with van der Waals surface area (Å²) in [6.45, 7) is 0. The second kappa shape index (κ2) is 10.6. The maximum absolute atomic E-state index is 14.1. The number of nitrogens with zero attached hydrogens (tertiary/aromatic N) is 3. The van der Waals surface area contributed by atoms with Gasteiger partial charge in [0.2, 0.25) is 5.91 Å². The third-order valence-corrected chi connectivity index (χ3v) is 8.26. The molecule has 3 N–H and O–H groups in total. The minimum Gasteiger partial charge on any atom is -0.464 e. The number of carbonyl (C=O) groups is 1. The highest BCUT2D eigenvalue weighted by Crippen LogP contribution is 2.32. The van der Waals surface area contributed by atoms with Gasteiger partial charge in [-0.15, -0.1) is 0 Å². The van der Waals surface area contributed by atoms with E-state index in [1.54, 1.807) is 30.5 Å². The summed E-state index contributed by atoms with van der Waals surface area (Å²) in [7, 11) is 1.85. The Labute approximate surface area is 228 Å². The van der Waals surface area contributed by atoms with Crippen LogP contribution in [0.25, 0.3) is 38.9 Å². The fourth-order valence-corrected chi connectivity index (χ4v) is 6.22. The molecule has 0 atom stereocenters. The molecule has 0 bridgehead atoms. The van der Waals surface area contributed by atoms with Crippen LogP contribution in [0.2, 0.25) is 0 Å². The second-order valence-corrected chi connectivity index (χ2v) is 10.8. The molecule has 1 fully saturated rings. The van der Waals surface area contributed by atoms with Crippen molar-refractivity contribution in [2.45, 2.75) is 43.3 Å². The Bertz CT molecular complexity index is 1720. The standard InChI is InChI=1S/C29H29N5O4S/c1-33-23-13-12-18(24-11-6-14-38-24)15-22(23)26-27(33)28(36)34(21-10-5-9-20(16-21)32-37)29(31-26)39-17-25(35)30-19-7-3-2-4-8-19/h5-6,9-16,19,32,37H,2-4,7-8,17H2,1H3,(H,30,35). The molecule has 6 rings (SSSR count). The first-order valence-electron chi connectivity index (χ1n) is 13.1. The number of aryl methyl sites for hydroxylation is 1. The van der Waals surface area contributed by atoms with E-state index in [1.165, 1.54) is 22.7 Å². The number of thioether (sulfide) groups is 1. The highest BCUT2D eigenvalue weighted by Gasteiger charge is 2.22. The molecule has 200 valence electrons. The Morgan fingerprint density at radius 1 is 1.13 bits per heavy atom. The van der Waals surface area contributed by atoms with E-state index >= 15 is 0 Å². The van der Waals surface area contributed by atoms with Crippen LogP contribution in [-0.2, 0) is 11.8 Å². The van der Waals surface area contributed by atoms with Gasteiger partial charge in [0.25, 0.3) is 5.56 Å². The van der Waals surface area contributed by atoms with Crippen LogP contribution in [0, 0.1) is 0 Å². The number of amides is 1. The molecule has 1 aliphatic rings. The Morgan fingerprint density at radius 3 is 2.74 bits per heavy atom. The van der Waals surface area contributed by atoms with Crippen LogP contribution >= 0.6 is 11.8 Å². The van der Waals surface area contributed by atoms with Crippen LogP contribution in [0.1, 0.15) is 32.1 Å². The van der Waals surface area contributed by atoms with Crippen molar-refractivity contribution >= 4 is 45.3 Å². The number of benzene rings is 2. The van der Waals surface area contributed by atoms with Crippen molar-refractivity contribution in [2.24, 2.45) is 7.05 Å². The molecule has 39 heavy (non-hydrogen) atoms.